The fraction of sp³-hybridized carbons (Fsp3) is 0.176. The van der Waals surface area contributed by atoms with E-state index in [1.54, 1.807) is 6.08 Å². The number of aromatic nitrogens is 1. The van der Waals surface area contributed by atoms with Gasteiger partial charge in [0.25, 0.3) is 0 Å². The van der Waals surface area contributed by atoms with Crippen LogP contribution in [0.1, 0.15) is 11.1 Å². The highest BCUT2D eigenvalue weighted by atomic mass is 19.4. The number of anilines is 1. The Balaban J connectivity index is 1.71. The molecule has 0 fully saturated rings. The van der Waals surface area contributed by atoms with Crippen LogP contribution in [0.25, 0.3) is 6.08 Å². The number of amides is 1. The molecular weight excluding hydrogens is 319 g/mol. The molecule has 0 radical (unpaired) electrons. The largest absolute Gasteiger partial charge is 0.417 e. The maximum atomic E-state index is 12.4. The van der Waals surface area contributed by atoms with Crippen LogP contribution in [0.5, 0.6) is 0 Å². The standard InChI is InChI=1S/C17H16F3N3O/c18-17(19,20)14-7-8-15(23-12-14)21-10-11-22-16(24)9-6-13-4-2-1-3-5-13/h1-9,12H,10-11H2,(H,21,23)(H,22,24). The number of nitrogens with one attached hydrogen (secondary N) is 2. The van der Waals surface area contributed by atoms with E-state index in [1.807, 2.05) is 30.3 Å². The first-order valence-electron chi connectivity index (χ1n) is 7.23. The highest BCUT2D eigenvalue weighted by Gasteiger charge is 2.30. The lowest BCUT2D eigenvalue weighted by Gasteiger charge is -2.08. The topological polar surface area (TPSA) is 54.0 Å². The van der Waals surface area contributed by atoms with Crippen LogP contribution in [0.3, 0.4) is 0 Å². The predicted molar refractivity (Wildman–Crippen MR) is 86.2 cm³/mol. The van der Waals surface area contributed by atoms with Crippen molar-refractivity contribution in [3.05, 3.63) is 65.9 Å². The molecule has 2 N–H and O–H groups in total. The van der Waals surface area contributed by atoms with E-state index in [1.165, 1.54) is 12.1 Å². The summed E-state index contributed by atoms with van der Waals surface area (Å²) in [5.41, 5.74) is 0.118. The summed E-state index contributed by atoms with van der Waals surface area (Å²) >= 11 is 0. The Kier molecular flexibility index (Phi) is 5.95. The number of nitrogens with zero attached hydrogens (tertiary/aromatic N) is 1. The molecule has 126 valence electrons. The van der Waals surface area contributed by atoms with E-state index in [0.29, 0.717) is 18.9 Å². The molecule has 0 spiro atoms. The number of alkyl halides is 3. The number of hydrogen-bond donors (Lipinski definition) is 2. The van der Waals surface area contributed by atoms with Crippen LogP contribution >= 0.6 is 0 Å². The third-order valence-corrected chi connectivity index (χ3v) is 3.05. The van der Waals surface area contributed by atoms with Gasteiger partial charge in [-0.1, -0.05) is 30.3 Å². The first-order valence-corrected chi connectivity index (χ1v) is 7.23. The van der Waals surface area contributed by atoms with Crippen LogP contribution in [-0.2, 0) is 11.0 Å². The van der Waals surface area contributed by atoms with E-state index in [2.05, 4.69) is 15.6 Å². The van der Waals surface area contributed by atoms with E-state index in [9.17, 15) is 18.0 Å². The highest BCUT2D eigenvalue weighted by Crippen LogP contribution is 2.28. The Bertz CT molecular complexity index is 682. The Morgan fingerprint density at radius 1 is 1.08 bits per heavy atom. The first-order chi connectivity index (χ1) is 11.4. The molecule has 0 saturated carbocycles. The number of benzene rings is 1. The molecule has 0 aliphatic rings. The molecule has 0 atom stereocenters. The summed E-state index contributed by atoms with van der Waals surface area (Å²) in [6.45, 7) is 0.671. The van der Waals surface area contributed by atoms with E-state index in [4.69, 9.17) is 0 Å². The van der Waals surface area contributed by atoms with Crippen molar-refractivity contribution < 1.29 is 18.0 Å². The van der Waals surface area contributed by atoms with E-state index < -0.39 is 11.7 Å². The number of pyridine rings is 1. The van der Waals surface area contributed by atoms with Crippen molar-refractivity contribution in [1.82, 2.24) is 10.3 Å². The molecule has 1 aromatic carbocycles. The Morgan fingerprint density at radius 3 is 2.46 bits per heavy atom. The molecule has 1 aromatic heterocycles. The number of rotatable bonds is 6. The minimum absolute atomic E-state index is 0.249. The summed E-state index contributed by atoms with van der Waals surface area (Å²) < 4.78 is 37.2. The molecular formula is C17H16F3N3O. The van der Waals surface area contributed by atoms with Gasteiger partial charge in [-0.3, -0.25) is 4.79 Å². The third kappa shape index (κ3) is 5.75. The minimum Gasteiger partial charge on any atom is -0.368 e. The summed E-state index contributed by atoms with van der Waals surface area (Å²) in [7, 11) is 0. The van der Waals surface area contributed by atoms with Crippen molar-refractivity contribution in [2.24, 2.45) is 0 Å². The predicted octanol–water partition coefficient (Wildman–Crippen LogP) is 3.34. The summed E-state index contributed by atoms with van der Waals surface area (Å²) in [5.74, 6) is 0.0677. The maximum absolute atomic E-state index is 12.4. The van der Waals surface area contributed by atoms with Gasteiger partial charge in [0.05, 0.1) is 5.56 Å². The smallest absolute Gasteiger partial charge is 0.368 e. The lowest BCUT2D eigenvalue weighted by molar-refractivity contribution is -0.137. The van der Waals surface area contributed by atoms with Crippen LogP contribution in [-0.4, -0.2) is 24.0 Å². The zero-order valence-corrected chi connectivity index (χ0v) is 12.7. The molecule has 1 amide bonds. The number of carbonyl (C=O) groups excluding carboxylic acids is 1. The Morgan fingerprint density at radius 2 is 1.83 bits per heavy atom. The highest BCUT2D eigenvalue weighted by molar-refractivity contribution is 5.91. The van der Waals surface area contributed by atoms with Crippen molar-refractivity contribution in [2.45, 2.75) is 6.18 Å². The molecule has 7 heteroatoms. The van der Waals surface area contributed by atoms with Crippen molar-refractivity contribution in [3.63, 3.8) is 0 Å². The van der Waals surface area contributed by atoms with E-state index in [-0.39, 0.29) is 5.91 Å². The van der Waals surface area contributed by atoms with Gasteiger partial charge in [0.1, 0.15) is 5.82 Å². The van der Waals surface area contributed by atoms with Crippen molar-refractivity contribution in [3.8, 4) is 0 Å². The Labute approximate surface area is 137 Å². The molecule has 1 heterocycles. The molecule has 0 aliphatic carbocycles. The van der Waals surface area contributed by atoms with Gasteiger partial charge in [-0.05, 0) is 23.8 Å². The summed E-state index contributed by atoms with van der Waals surface area (Å²) in [6, 6.07) is 11.6. The normalized spacial score (nSPS) is 11.5. The number of carbonyl (C=O) groups is 1. The van der Waals surface area contributed by atoms with Gasteiger partial charge in [-0.25, -0.2) is 4.98 Å². The average molecular weight is 335 g/mol. The quantitative estimate of drug-likeness (QED) is 0.629. The van der Waals surface area contributed by atoms with Crippen LogP contribution < -0.4 is 10.6 Å². The lowest BCUT2D eigenvalue weighted by Crippen LogP contribution is -2.27. The van der Waals surface area contributed by atoms with Crippen molar-refractivity contribution in [1.29, 1.82) is 0 Å². The second-order valence-electron chi connectivity index (χ2n) is 4.89. The SMILES string of the molecule is O=C(C=Cc1ccccc1)NCCNc1ccc(C(F)(F)F)cn1. The molecule has 0 unspecified atom stereocenters. The van der Waals surface area contributed by atoms with E-state index in [0.717, 1.165) is 17.8 Å². The summed E-state index contributed by atoms with van der Waals surface area (Å²) in [5, 5.41) is 5.50. The molecule has 0 aliphatic heterocycles. The van der Waals surface area contributed by atoms with Crippen molar-refractivity contribution >= 4 is 17.8 Å². The lowest BCUT2D eigenvalue weighted by atomic mass is 10.2. The monoisotopic (exact) mass is 335 g/mol. The van der Waals surface area contributed by atoms with Crippen LogP contribution in [0.4, 0.5) is 19.0 Å². The molecule has 4 nitrogen and oxygen atoms in total. The van der Waals surface area contributed by atoms with Gasteiger partial charge >= 0.3 is 6.18 Å². The summed E-state index contributed by atoms with van der Waals surface area (Å²) in [4.78, 5) is 15.3. The Hall–Kier alpha value is -2.83. The molecule has 2 aromatic rings. The van der Waals surface area contributed by atoms with E-state index >= 15 is 0 Å². The first kappa shape index (κ1) is 17.5. The fourth-order valence-corrected chi connectivity index (χ4v) is 1.84. The van der Waals surface area contributed by atoms with Gasteiger partial charge in [0.15, 0.2) is 0 Å². The molecule has 0 saturated heterocycles. The van der Waals surface area contributed by atoms with Gasteiger partial charge in [0.2, 0.25) is 5.91 Å². The minimum atomic E-state index is -4.40. The van der Waals surface area contributed by atoms with Crippen LogP contribution in [0, 0.1) is 0 Å². The molecule has 2 rings (SSSR count). The van der Waals surface area contributed by atoms with Gasteiger partial charge in [-0.15, -0.1) is 0 Å². The zero-order chi connectivity index (χ0) is 17.4. The van der Waals surface area contributed by atoms with Crippen molar-refractivity contribution in [2.75, 3.05) is 18.4 Å². The maximum Gasteiger partial charge on any atom is 0.417 e. The fourth-order valence-electron chi connectivity index (χ4n) is 1.84. The second kappa shape index (κ2) is 8.14. The van der Waals surface area contributed by atoms with Gasteiger partial charge in [0, 0.05) is 25.4 Å². The number of halogens is 3. The molecule has 24 heavy (non-hydrogen) atoms. The zero-order valence-electron chi connectivity index (χ0n) is 12.7. The van der Waals surface area contributed by atoms with Gasteiger partial charge in [-0.2, -0.15) is 13.2 Å². The average Bonchev–Trinajstić information content (AvgIpc) is 2.57. The van der Waals surface area contributed by atoms with Gasteiger partial charge < -0.3 is 10.6 Å². The molecule has 0 bridgehead atoms. The van der Waals surface area contributed by atoms with Crippen LogP contribution in [0.15, 0.2) is 54.7 Å². The third-order valence-electron chi connectivity index (χ3n) is 3.05. The van der Waals surface area contributed by atoms with Crippen LogP contribution in [0.2, 0.25) is 0 Å². The number of hydrogen-bond acceptors (Lipinski definition) is 3. The summed E-state index contributed by atoms with van der Waals surface area (Å²) in [6.07, 6.45) is -0.514. The second-order valence-corrected chi connectivity index (χ2v) is 4.89.